The number of nitrogens with one attached hydrogen (secondary N) is 1. The summed E-state index contributed by atoms with van der Waals surface area (Å²) >= 11 is 7.51. The number of aliphatic hydroxyl groups is 2. The van der Waals surface area contributed by atoms with Crippen LogP contribution in [0.4, 0.5) is 0 Å². The molecule has 0 amide bonds. The van der Waals surface area contributed by atoms with Crippen LogP contribution < -0.4 is 5.32 Å². The number of ether oxygens (including phenoxy) is 5. The van der Waals surface area contributed by atoms with Crippen LogP contribution in [-0.4, -0.2) is 96.8 Å². The molecule has 5 aliphatic rings. The van der Waals surface area contributed by atoms with Crippen molar-refractivity contribution in [2.75, 3.05) is 0 Å². The molecule has 5 heterocycles. The Kier molecular flexibility index (Phi) is 16.4. The van der Waals surface area contributed by atoms with E-state index in [1.54, 1.807) is 18.7 Å². The number of aliphatic carboxylic acids is 1. The molecule has 5 aliphatic heterocycles. The molecule has 0 unspecified atom stereocenters. The Labute approximate surface area is 386 Å². The number of carbonyl (C=O) groups excluding carboxylic acids is 1. The van der Waals surface area contributed by atoms with Crippen molar-refractivity contribution in [2.45, 2.75) is 205 Å². The van der Waals surface area contributed by atoms with Gasteiger partial charge in [0, 0.05) is 35.8 Å². The maximum Gasteiger partial charge on any atom is 0.309 e. The third kappa shape index (κ3) is 10.5. The van der Waals surface area contributed by atoms with E-state index in [0.29, 0.717) is 61.4 Å². The summed E-state index contributed by atoms with van der Waals surface area (Å²) in [5.41, 5.74) is -0.443. The molecule has 1 aromatic carbocycles. The Morgan fingerprint density at radius 1 is 0.921 bits per heavy atom. The standard InChI is InChI=1S/C50H77NO10S2/c1-11-36(45(54)55)38-20-19-29(4)43(58-38)33(8)41(52)32(7)42(53)37(12-2)44-30(5)27-31(6)49(59-44)24-21-39(51-46(62)63-28-35-17-15-14-16-18-35)50(61-49)26-25-47(10,60-50)40-22-23-48(56,13-3)34(9)57-40/h14-18,21,24,29-34,36-41,43-44,52,56H,11-13,19-20,22-23,25-28H2,1-10H3,(H,51,62)(H,54,55)/t29-,30-,31+,32-,33-,34-,36+,37-,38+,39+,40+,41+,43+,44-,47-,48+,49-,50-/m0/s1. The van der Waals surface area contributed by atoms with Crippen LogP contribution in [0, 0.1) is 41.4 Å². The number of hydrogen-bond acceptors (Lipinski definition) is 11. The number of Topliss-reactive ketones (excluding diaryl/α,β-unsaturated/α-hetero) is 1. The zero-order chi connectivity index (χ0) is 46.1. The van der Waals surface area contributed by atoms with Gasteiger partial charge >= 0.3 is 5.97 Å². The van der Waals surface area contributed by atoms with E-state index in [0.717, 1.165) is 12.8 Å². The zero-order valence-corrected chi connectivity index (χ0v) is 41.1. The summed E-state index contributed by atoms with van der Waals surface area (Å²) in [5, 5.41) is 36.6. The number of rotatable bonds is 15. The van der Waals surface area contributed by atoms with E-state index < -0.39 is 76.8 Å². The molecule has 354 valence electrons. The number of carboxylic acid groups (broad SMARTS) is 1. The average molecular weight is 916 g/mol. The molecule has 0 bridgehead atoms. The number of hydrogen-bond donors (Lipinski definition) is 4. The van der Waals surface area contributed by atoms with Gasteiger partial charge in [-0.1, -0.05) is 116 Å². The van der Waals surface area contributed by atoms with Gasteiger partial charge in [0.2, 0.25) is 0 Å². The van der Waals surface area contributed by atoms with Gasteiger partial charge in [0.25, 0.3) is 0 Å². The number of thioether (sulfide) groups is 1. The summed E-state index contributed by atoms with van der Waals surface area (Å²) in [6, 6.07) is 9.77. The lowest BCUT2D eigenvalue weighted by atomic mass is 9.72. The first kappa shape index (κ1) is 50.5. The van der Waals surface area contributed by atoms with Gasteiger partial charge in [-0.05, 0) is 95.1 Å². The number of ketones is 1. The first-order valence-corrected chi connectivity index (χ1v) is 25.4. The second-order valence-electron chi connectivity index (χ2n) is 20.2. The lowest BCUT2D eigenvalue weighted by Gasteiger charge is -2.55. The second kappa shape index (κ2) is 20.5. The van der Waals surface area contributed by atoms with E-state index >= 15 is 0 Å². The van der Waals surface area contributed by atoms with Crippen LogP contribution >= 0.6 is 24.0 Å². The molecule has 11 nitrogen and oxygen atoms in total. The highest BCUT2D eigenvalue weighted by Gasteiger charge is 2.63. The smallest absolute Gasteiger partial charge is 0.309 e. The van der Waals surface area contributed by atoms with Crippen molar-refractivity contribution in [3.05, 3.63) is 48.0 Å². The van der Waals surface area contributed by atoms with Crippen molar-refractivity contribution in [1.82, 2.24) is 5.32 Å². The molecule has 0 aromatic heterocycles. The van der Waals surface area contributed by atoms with Crippen molar-refractivity contribution >= 4 is 40.1 Å². The minimum absolute atomic E-state index is 0.0145. The molecule has 13 heteroatoms. The molecular weight excluding hydrogens is 839 g/mol. The Hall–Kier alpha value is -1.94. The molecular formula is C50H77NO10S2. The summed E-state index contributed by atoms with van der Waals surface area (Å²) in [6.07, 6.45) is 7.37. The predicted molar refractivity (Wildman–Crippen MR) is 250 cm³/mol. The first-order valence-electron chi connectivity index (χ1n) is 24.0. The average Bonchev–Trinajstić information content (AvgIpc) is 3.60. The van der Waals surface area contributed by atoms with E-state index in [2.05, 4.69) is 51.2 Å². The Bertz CT molecular complexity index is 1770. The topological polar surface area (TPSA) is 153 Å². The fraction of sp³-hybridized carbons (Fsp3) is 0.780. The summed E-state index contributed by atoms with van der Waals surface area (Å²) in [6.45, 7) is 20.0. The lowest BCUT2D eigenvalue weighted by Crippen LogP contribution is -2.65. The van der Waals surface area contributed by atoms with Crippen LogP contribution in [0.2, 0.25) is 0 Å². The molecule has 4 saturated heterocycles. The lowest BCUT2D eigenvalue weighted by molar-refractivity contribution is -0.397. The molecule has 2 spiro atoms. The van der Waals surface area contributed by atoms with Crippen LogP contribution in [0.3, 0.4) is 0 Å². The highest BCUT2D eigenvalue weighted by molar-refractivity contribution is 8.22. The quantitative estimate of drug-likeness (QED) is 0.0979. The molecule has 4 fully saturated rings. The van der Waals surface area contributed by atoms with Gasteiger partial charge in [0.05, 0.1) is 53.7 Å². The van der Waals surface area contributed by atoms with Gasteiger partial charge in [-0.15, -0.1) is 0 Å². The largest absolute Gasteiger partial charge is 0.481 e. The number of thiocarbonyl (C=S) groups is 1. The third-order valence-electron chi connectivity index (χ3n) is 16.0. The zero-order valence-electron chi connectivity index (χ0n) is 39.4. The minimum Gasteiger partial charge on any atom is -0.481 e. The number of benzene rings is 1. The van der Waals surface area contributed by atoms with Gasteiger partial charge in [-0.25, -0.2) is 0 Å². The SMILES string of the molecule is CC[C@@H](C(=O)[C@@H](C)[C@@H](O)[C@H](C)[C@@H]1O[C@@H]([C@@H](CC)C(=O)O)CC[C@@H]1C)[C@H]1O[C@]2(C=C[C@@H](NC(=S)SCc3ccccc3)[C@]3(CC[C@@](C)([C@H]4CC[C@](O)(CC)[C@H](C)O4)O3)O2)[C@H](C)C[C@@H]1C. The summed E-state index contributed by atoms with van der Waals surface area (Å²) in [4.78, 5) is 26.8. The van der Waals surface area contributed by atoms with Gasteiger partial charge < -0.3 is 44.3 Å². The number of aliphatic hydroxyl groups excluding tert-OH is 1. The Balaban J connectivity index is 1.23. The Morgan fingerprint density at radius 3 is 2.25 bits per heavy atom. The Morgan fingerprint density at radius 2 is 1.62 bits per heavy atom. The predicted octanol–water partition coefficient (Wildman–Crippen LogP) is 9.00. The molecule has 0 saturated carbocycles. The number of carbonyl (C=O) groups is 2. The van der Waals surface area contributed by atoms with E-state index in [-0.39, 0.29) is 41.8 Å². The normalized spacial score (nSPS) is 40.5. The van der Waals surface area contributed by atoms with Gasteiger partial charge in [0.15, 0.2) is 11.6 Å². The van der Waals surface area contributed by atoms with E-state index in [1.165, 1.54) is 5.56 Å². The van der Waals surface area contributed by atoms with Crippen LogP contribution in [0.15, 0.2) is 42.5 Å². The minimum atomic E-state index is -1.22. The monoisotopic (exact) mass is 915 g/mol. The van der Waals surface area contributed by atoms with Gasteiger partial charge in [0.1, 0.15) is 16.1 Å². The summed E-state index contributed by atoms with van der Waals surface area (Å²) in [7, 11) is 0. The fourth-order valence-electron chi connectivity index (χ4n) is 11.6. The van der Waals surface area contributed by atoms with Crippen LogP contribution in [0.25, 0.3) is 0 Å². The molecule has 4 N–H and O–H groups in total. The maximum absolute atomic E-state index is 14.7. The van der Waals surface area contributed by atoms with Gasteiger partial charge in [-0.2, -0.15) is 0 Å². The van der Waals surface area contributed by atoms with Crippen LogP contribution in [0.1, 0.15) is 139 Å². The van der Waals surface area contributed by atoms with E-state index in [1.807, 2.05) is 58.9 Å². The summed E-state index contributed by atoms with van der Waals surface area (Å²) in [5.74, 6) is -4.85. The van der Waals surface area contributed by atoms with Crippen molar-refractivity contribution in [3.63, 3.8) is 0 Å². The van der Waals surface area contributed by atoms with Crippen molar-refractivity contribution in [2.24, 2.45) is 41.4 Å². The fourth-order valence-corrected chi connectivity index (χ4v) is 12.6. The van der Waals surface area contributed by atoms with E-state index in [9.17, 15) is 24.9 Å². The van der Waals surface area contributed by atoms with Crippen molar-refractivity contribution in [1.29, 1.82) is 0 Å². The molecule has 18 atom stereocenters. The summed E-state index contributed by atoms with van der Waals surface area (Å²) < 4.78 is 35.6. The second-order valence-corrected chi connectivity index (χ2v) is 21.8. The van der Waals surface area contributed by atoms with E-state index in [4.69, 9.17) is 35.9 Å². The van der Waals surface area contributed by atoms with Gasteiger partial charge in [-0.3, -0.25) is 9.59 Å². The molecule has 0 aliphatic carbocycles. The maximum atomic E-state index is 14.7. The molecule has 6 rings (SSSR count). The van der Waals surface area contributed by atoms with Crippen LogP contribution in [-0.2, 0) is 39.0 Å². The molecule has 63 heavy (non-hydrogen) atoms. The first-order chi connectivity index (χ1) is 29.8. The van der Waals surface area contributed by atoms with Crippen LogP contribution in [0.5, 0.6) is 0 Å². The third-order valence-corrected chi connectivity index (χ3v) is 17.3. The number of carboxylic acids is 1. The van der Waals surface area contributed by atoms with Crippen molar-refractivity contribution < 1.29 is 48.6 Å². The highest BCUT2D eigenvalue weighted by atomic mass is 32.2. The van der Waals surface area contributed by atoms with Crippen molar-refractivity contribution in [3.8, 4) is 0 Å². The molecule has 1 aromatic rings. The molecule has 0 radical (unpaired) electrons. The highest BCUT2D eigenvalue weighted by Crippen LogP contribution is 2.54.